The molecule has 9 nitrogen and oxygen atoms in total. The molecule has 156 valence electrons. The summed E-state index contributed by atoms with van der Waals surface area (Å²) in [7, 11) is -3.97. The lowest BCUT2D eigenvalue weighted by Gasteiger charge is -2.23. The van der Waals surface area contributed by atoms with E-state index >= 15 is 0 Å². The molecule has 28 heavy (non-hydrogen) atoms. The van der Waals surface area contributed by atoms with E-state index in [2.05, 4.69) is 10.6 Å². The summed E-state index contributed by atoms with van der Waals surface area (Å²) >= 11 is 0. The van der Waals surface area contributed by atoms with Crippen LogP contribution in [0.3, 0.4) is 0 Å². The van der Waals surface area contributed by atoms with Gasteiger partial charge in [-0.25, -0.2) is 8.42 Å². The van der Waals surface area contributed by atoms with E-state index in [0.29, 0.717) is 25.3 Å². The van der Waals surface area contributed by atoms with Gasteiger partial charge in [0.2, 0.25) is 15.9 Å². The average Bonchev–Trinajstić information content (AvgIpc) is 3.33. The number of nitrogens with zero attached hydrogens (tertiary/aromatic N) is 2. The minimum absolute atomic E-state index is 0. The second-order valence-corrected chi connectivity index (χ2v) is 8.86. The predicted octanol–water partition coefficient (Wildman–Crippen LogP) is 1.29. The molecule has 0 aliphatic carbocycles. The Labute approximate surface area is 170 Å². The van der Waals surface area contributed by atoms with Gasteiger partial charge in [0.05, 0.1) is 9.82 Å². The van der Waals surface area contributed by atoms with E-state index in [9.17, 15) is 23.3 Å². The smallest absolute Gasteiger partial charge is 0.270 e. The molecule has 11 heteroatoms. The summed E-state index contributed by atoms with van der Waals surface area (Å²) in [6.45, 7) is 2.70. The second-order valence-electron chi connectivity index (χ2n) is 6.97. The van der Waals surface area contributed by atoms with Crippen LogP contribution in [0.5, 0.6) is 0 Å². The van der Waals surface area contributed by atoms with Crippen LogP contribution in [-0.4, -0.2) is 55.8 Å². The first kappa shape index (κ1) is 22.5. The van der Waals surface area contributed by atoms with Crippen molar-refractivity contribution in [3.05, 3.63) is 34.4 Å². The van der Waals surface area contributed by atoms with E-state index in [1.54, 1.807) is 0 Å². The molecule has 0 saturated carbocycles. The number of non-ortho nitro benzene ring substituents is 1. The summed E-state index contributed by atoms with van der Waals surface area (Å²) in [5.74, 6) is 0.242. The topological polar surface area (TPSA) is 122 Å². The van der Waals surface area contributed by atoms with Crippen LogP contribution in [0.15, 0.2) is 29.2 Å². The molecular formula is C17H25ClN4O5S. The van der Waals surface area contributed by atoms with Gasteiger partial charge in [-0.3, -0.25) is 14.9 Å². The van der Waals surface area contributed by atoms with Crippen molar-refractivity contribution in [2.24, 2.45) is 5.92 Å². The normalized spacial score (nSPS) is 22.6. The van der Waals surface area contributed by atoms with Crippen molar-refractivity contribution in [1.82, 2.24) is 14.9 Å². The van der Waals surface area contributed by atoms with Crippen LogP contribution in [0.4, 0.5) is 5.69 Å². The number of nitro groups is 1. The lowest BCUT2D eigenvalue weighted by Crippen LogP contribution is -2.46. The average molecular weight is 433 g/mol. The number of rotatable bonds is 7. The van der Waals surface area contributed by atoms with Crippen LogP contribution in [0.2, 0.25) is 0 Å². The number of nitro benzene ring substituents is 1. The third-order valence-corrected chi connectivity index (χ3v) is 7.06. The monoisotopic (exact) mass is 432 g/mol. The summed E-state index contributed by atoms with van der Waals surface area (Å²) in [4.78, 5) is 22.7. The fraction of sp³-hybridized carbons (Fsp3) is 0.588. The van der Waals surface area contributed by atoms with E-state index in [1.165, 1.54) is 22.5 Å². The molecule has 2 aliphatic rings. The molecule has 2 unspecified atom stereocenters. The minimum atomic E-state index is -3.97. The van der Waals surface area contributed by atoms with Crippen molar-refractivity contribution < 1.29 is 18.1 Å². The first-order chi connectivity index (χ1) is 12.9. The number of carbonyl (C=O) groups excluding carboxylic acids is 1. The largest absolute Gasteiger partial charge is 0.355 e. The molecule has 2 N–H and O–H groups in total. The number of sulfonamides is 1. The molecule has 2 heterocycles. The van der Waals surface area contributed by atoms with E-state index in [0.717, 1.165) is 32.0 Å². The van der Waals surface area contributed by atoms with Gasteiger partial charge in [0.25, 0.3) is 5.69 Å². The fourth-order valence-electron chi connectivity index (χ4n) is 3.66. The van der Waals surface area contributed by atoms with Crippen LogP contribution < -0.4 is 10.6 Å². The van der Waals surface area contributed by atoms with Crippen molar-refractivity contribution in [2.45, 2.75) is 36.6 Å². The van der Waals surface area contributed by atoms with Crippen LogP contribution >= 0.6 is 12.4 Å². The Bertz CT molecular complexity index is 814. The van der Waals surface area contributed by atoms with Gasteiger partial charge in [-0.1, -0.05) is 6.07 Å². The molecule has 1 aromatic carbocycles. The number of benzene rings is 1. The Morgan fingerprint density at radius 1 is 1.36 bits per heavy atom. The molecule has 1 amide bonds. The van der Waals surface area contributed by atoms with Gasteiger partial charge in [0.15, 0.2) is 0 Å². The third kappa shape index (κ3) is 4.99. The van der Waals surface area contributed by atoms with Crippen molar-refractivity contribution in [3.63, 3.8) is 0 Å². The SMILES string of the molecule is Cl.O=C(NCCC1CCNC1)C1CCCN1S(=O)(=O)c1cccc([N+](=O)[O-])c1. The predicted molar refractivity (Wildman–Crippen MR) is 106 cm³/mol. The quantitative estimate of drug-likeness (QED) is 0.494. The first-order valence-electron chi connectivity index (χ1n) is 9.14. The summed E-state index contributed by atoms with van der Waals surface area (Å²) in [6.07, 6.45) is 2.99. The number of amides is 1. The molecule has 0 aromatic heterocycles. The maximum Gasteiger partial charge on any atom is 0.270 e. The number of halogens is 1. The second kappa shape index (κ2) is 9.64. The Balaban J connectivity index is 0.00000280. The molecular weight excluding hydrogens is 408 g/mol. The zero-order valence-electron chi connectivity index (χ0n) is 15.4. The maximum atomic E-state index is 12.9. The summed E-state index contributed by atoms with van der Waals surface area (Å²) < 4.78 is 27.0. The highest BCUT2D eigenvalue weighted by Gasteiger charge is 2.39. The number of hydrogen-bond donors (Lipinski definition) is 2. The molecule has 2 atom stereocenters. The molecule has 1 aromatic rings. The molecule has 2 fully saturated rings. The van der Waals surface area contributed by atoms with Gasteiger partial charge in [0.1, 0.15) is 6.04 Å². The van der Waals surface area contributed by atoms with E-state index in [-0.39, 0.29) is 35.4 Å². The van der Waals surface area contributed by atoms with Crippen LogP contribution in [-0.2, 0) is 14.8 Å². The van der Waals surface area contributed by atoms with Gasteiger partial charge in [0, 0.05) is 25.2 Å². The van der Waals surface area contributed by atoms with Crippen molar-refractivity contribution >= 4 is 34.0 Å². The number of nitrogens with one attached hydrogen (secondary N) is 2. The zero-order chi connectivity index (χ0) is 19.4. The minimum Gasteiger partial charge on any atom is -0.355 e. The number of hydrogen-bond acceptors (Lipinski definition) is 6. The van der Waals surface area contributed by atoms with E-state index in [4.69, 9.17) is 0 Å². The van der Waals surface area contributed by atoms with E-state index in [1.807, 2.05) is 0 Å². The molecule has 3 rings (SSSR count). The van der Waals surface area contributed by atoms with Gasteiger partial charge in [-0.05, 0) is 50.8 Å². The lowest BCUT2D eigenvalue weighted by atomic mass is 10.1. The van der Waals surface area contributed by atoms with Gasteiger partial charge in [-0.15, -0.1) is 12.4 Å². The highest BCUT2D eigenvalue weighted by Crippen LogP contribution is 2.28. The number of carbonyl (C=O) groups is 1. The summed E-state index contributed by atoms with van der Waals surface area (Å²) in [6, 6.07) is 4.17. The van der Waals surface area contributed by atoms with Gasteiger partial charge >= 0.3 is 0 Å². The maximum absolute atomic E-state index is 12.9. The first-order valence-corrected chi connectivity index (χ1v) is 10.6. The highest BCUT2D eigenvalue weighted by molar-refractivity contribution is 7.89. The molecule has 0 bridgehead atoms. The van der Waals surface area contributed by atoms with Crippen LogP contribution in [0.25, 0.3) is 0 Å². The Kier molecular flexibility index (Phi) is 7.76. The summed E-state index contributed by atoms with van der Waals surface area (Å²) in [5, 5.41) is 17.1. The molecule has 2 saturated heterocycles. The molecule has 2 aliphatic heterocycles. The van der Waals surface area contributed by atoms with E-state index < -0.39 is 21.0 Å². The Morgan fingerprint density at radius 3 is 2.82 bits per heavy atom. The standard InChI is InChI=1S/C17H24N4O5S.ClH/c22-17(19-9-7-13-6-8-18-12-13)16-5-2-10-20(16)27(25,26)15-4-1-3-14(11-15)21(23)24;/h1,3-4,11,13,16,18H,2,5-10,12H2,(H,19,22);1H. The highest BCUT2D eigenvalue weighted by atomic mass is 35.5. The third-order valence-electron chi connectivity index (χ3n) is 5.16. The lowest BCUT2D eigenvalue weighted by molar-refractivity contribution is -0.385. The van der Waals surface area contributed by atoms with Crippen molar-refractivity contribution in [2.75, 3.05) is 26.2 Å². The Hall–Kier alpha value is -1.75. The van der Waals surface area contributed by atoms with Gasteiger partial charge in [-0.2, -0.15) is 4.31 Å². The fourth-order valence-corrected chi connectivity index (χ4v) is 5.36. The zero-order valence-corrected chi connectivity index (χ0v) is 17.0. The van der Waals surface area contributed by atoms with Crippen LogP contribution in [0.1, 0.15) is 25.7 Å². The molecule has 0 radical (unpaired) electrons. The summed E-state index contributed by atoms with van der Waals surface area (Å²) in [5.41, 5.74) is -0.290. The van der Waals surface area contributed by atoms with Gasteiger partial charge < -0.3 is 10.6 Å². The van der Waals surface area contributed by atoms with Crippen molar-refractivity contribution in [3.8, 4) is 0 Å². The van der Waals surface area contributed by atoms with Crippen LogP contribution in [0, 0.1) is 16.0 Å². The molecule has 0 spiro atoms. The van der Waals surface area contributed by atoms with Crippen molar-refractivity contribution in [1.29, 1.82) is 0 Å². The Morgan fingerprint density at radius 2 is 2.14 bits per heavy atom.